The highest BCUT2D eigenvalue weighted by molar-refractivity contribution is 9.28. The average Bonchev–Trinajstić information content (AvgIpc) is 2.04. The van der Waals surface area contributed by atoms with E-state index in [9.17, 15) is 4.79 Å². The number of benzene rings is 1. The predicted octanol–water partition coefficient (Wildman–Crippen LogP) is 2.87. The first-order valence-corrected chi connectivity index (χ1v) is 5.11. The van der Waals surface area contributed by atoms with Crippen LogP contribution in [0.4, 0.5) is 0 Å². The number of carbonyl (C=O) groups excluding carboxylic acids is 1. The molecule has 0 atom stereocenters. The van der Waals surface area contributed by atoms with Gasteiger partial charge in [0.1, 0.15) is 0 Å². The second-order valence-electron chi connectivity index (χ2n) is 2.42. The summed E-state index contributed by atoms with van der Waals surface area (Å²) < 4.78 is 0.854. The lowest BCUT2D eigenvalue weighted by Crippen LogP contribution is -2.10. The summed E-state index contributed by atoms with van der Waals surface area (Å²) in [5, 5.41) is 0. The maximum Gasteiger partial charge on any atom is 0.248 e. The van der Waals surface area contributed by atoms with Gasteiger partial charge in [-0.25, -0.2) is 0 Å². The number of halogens is 2. The Balaban J connectivity index is 2.94. The summed E-state index contributed by atoms with van der Waals surface area (Å²) in [4.78, 5) is 10.7. The van der Waals surface area contributed by atoms with Gasteiger partial charge in [0.05, 0.1) is 3.39 Å². The number of amides is 1. The quantitative estimate of drug-likeness (QED) is 0.897. The number of carbonyl (C=O) groups is 1. The smallest absolute Gasteiger partial charge is 0.248 e. The minimum absolute atomic E-state index is 0.409. The highest BCUT2D eigenvalue weighted by atomic mass is 79.9. The Hall–Kier alpha value is -0.610. The van der Waals surface area contributed by atoms with Crippen molar-refractivity contribution in [2.75, 3.05) is 0 Å². The minimum atomic E-state index is -0.409. The molecule has 1 aromatic carbocycles. The normalized spacial score (nSPS) is 9.38. The van der Waals surface area contributed by atoms with Crippen molar-refractivity contribution < 1.29 is 4.79 Å². The van der Waals surface area contributed by atoms with Crippen molar-refractivity contribution in [1.29, 1.82) is 0 Å². The lowest BCUT2D eigenvalue weighted by Gasteiger charge is -1.96. The van der Waals surface area contributed by atoms with E-state index in [1.54, 1.807) is 12.1 Å². The molecule has 0 radical (unpaired) electrons. The van der Waals surface area contributed by atoms with E-state index in [4.69, 9.17) is 5.73 Å². The largest absolute Gasteiger partial charge is 0.366 e. The van der Waals surface area contributed by atoms with E-state index in [1.807, 2.05) is 18.2 Å². The van der Waals surface area contributed by atoms with Crippen LogP contribution in [0.5, 0.6) is 0 Å². The fraction of sp³-hybridized carbons (Fsp3) is 0. The van der Waals surface area contributed by atoms with Gasteiger partial charge in [-0.3, -0.25) is 4.79 Å². The van der Waals surface area contributed by atoms with Gasteiger partial charge in [0.25, 0.3) is 0 Å². The van der Waals surface area contributed by atoms with Crippen LogP contribution in [0.1, 0.15) is 15.9 Å². The Labute approximate surface area is 93.1 Å². The van der Waals surface area contributed by atoms with Gasteiger partial charge in [-0.1, -0.05) is 12.1 Å². The van der Waals surface area contributed by atoms with Gasteiger partial charge < -0.3 is 5.73 Å². The Morgan fingerprint density at radius 2 is 1.77 bits per heavy atom. The van der Waals surface area contributed by atoms with Gasteiger partial charge in [-0.2, -0.15) is 0 Å². The van der Waals surface area contributed by atoms with Crippen molar-refractivity contribution >= 4 is 43.8 Å². The van der Waals surface area contributed by atoms with Gasteiger partial charge in [0, 0.05) is 5.56 Å². The molecule has 2 nitrogen and oxygen atoms in total. The monoisotopic (exact) mass is 303 g/mol. The molecule has 2 N–H and O–H groups in total. The molecule has 0 aliphatic carbocycles. The fourth-order valence-electron chi connectivity index (χ4n) is 0.870. The van der Waals surface area contributed by atoms with Gasteiger partial charge in [0.2, 0.25) is 5.91 Å². The molecule has 0 saturated carbocycles. The van der Waals surface area contributed by atoms with E-state index in [2.05, 4.69) is 31.9 Å². The van der Waals surface area contributed by atoms with E-state index >= 15 is 0 Å². The summed E-state index contributed by atoms with van der Waals surface area (Å²) in [6.07, 6.45) is 1.88. The van der Waals surface area contributed by atoms with Crippen LogP contribution in [0.2, 0.25) is 0 Å². The zero-order valence-electron chi connectivity index (χ0n) is 6.63. The van der Waals surface area contributed by atoms with Gasteiger partial charge in [-0.15, -0.1) is 0 Å². The number of hydrogen-bond donors (Lipinski definition) is 1. The highest BCUT2D eigenvalue weighted by Crippen LogP contribution is 2.18. The highest BCUT2D eigenvalue weighted by Gasteiger charge is 1.97. The molecule has 0 aliphatic rings. The third-order valence-electron chi connectivity index (χ3n) is 1.47. The molecule has 1 aromatic rings. The topological polar surface area (TPSA) is 43.1 Å². The first-order chi connectivity index (χ1) is 6.09. The van der Waals surface area contributed by atoms with E-state index in [0.717, 1.165) is 8.96 Å². The van der Waals surface area contributed by atoms with Crippen LogP contribution in [-0.2, 0) is 0 Å². The van der Waals surface area contributed by atoms with Crippen LogP contribution in [0.25, 0.3) is 6.08 Å². The molecule has 1 amide bonds. The van der Waals surface area contributed by atoms with Crippen molar-refractivity contribution in [1.82, 2.24) is 0 Å². The van der Waals surface area contributed by atoms with Crippen molar-refractivity contribution in [3.8, 4) is 0 Å². The summed E-state index contributed by atoms with van der Waals surface area (Å²) in [6.45, 7) is 0. The SMILES string of the molecule is NC(=O)c1ccc(C=C(Br)Br)cc1. The van der Waals surface area contributed by atoms with Crippen molar-refractivity contribution in [2.45, 2.75) is 0 Å². The van der Waals surface area contributed by atoms with Crippen molar-refractivity contribution in [2.24, 2.45) is 5.73 Å². The van der Waals surface area contributed by atoms with Gasteiger partial charge in [-0.05, 0) is 55.6 Å². The van der Waals surface area contributed by atoms with Crippen LogP contribution >= 0.6 is 31.9 Å². The maximum atomic E-state index is 10.7. The van der Waals surface area contributed by atoms with Crippen LogP contribution in [0.15, 0.2) is 27.7 Å². The molecule has 0 spiro atoms. The first-order valence-electron chi connectivity index (χ1n) is 3.52. The van der Waals surface area contributed by atoms with Crippen LogP contribution in [0.3, 0.4) is 0 Å². The van der Waals surface area contributed by atoms with Crippen LogP contribution in [0, 0.1) is 0 Å². The van der Waals surface area contributed by atoms with Crippen LogP contribution < -0.4 is 5.73 Å². The molecule has 0 bridgehead atoms. The summed E-state index contributed by atoms with van der Waals surface area (Å²) in [5.74, 6) is -0.409. The van der Waals surface area contributed by atoms with E-state index < -0.39 is 5.91 Å². The molecule has 0 unspecified atom stereocenters. The third kappa shape index (κ3) is 3.32. The second kappa shape index (κ2) is 4.58. The molecule has 13 heavy (non-hydrogen) atoms. The second-order valence-corrected chi connectivity index (χ2v) is 5.19. The number of hydrogen-bond acceptors (Lipinski definition) is 1. The Morgan fingerprint density at radius 3 is 2.15 bits per heavy atom. The maximum absolute atomic E-state index is 10.7. The van der Waals surface area contributed by atoms with Crippen molar-refractivity contribution in [3.63, 3.8) is 0 Å². The Bertz CT molecular complexity index is 339. The van der Waals surface area contributed by atoms with E-state index in [1.165, 1.54) is 0 Å². The van der Waals surface area contributed by atoms with E-state index in [0.29, 0.717) is 5.56 Å². The Kier molecular flexibility index (Phi) is 3.69. The molecule has 0 aromatic heterocycles. The lowest BCUT2D eigenvalue weighted by atomic mass is 10.1. The third-order valence-corrected chi connectivity index (χ3v) is 1.93. The molecule has 0 heterocycles. The zero-order chi connectivity index (χ0) is 9.84. The van der Waals surface area contributed by atoms with Gasteiger partial charge in [0.15, 0.2) is 0 Å². The molecule has 0 saturated heterocycles. The predicted molar refractivity (Wildman–Crippen MR) is 60.8 cm³/mol. The van der Waals surface area contributed by atoms with Crippen molar-refractivity contribution in [3.05, 3.63) is 38.8 Å². The molecule has 68 valence electrons. The Morgan fingerprint density at radius 1 is 1.23 bits per heavy atom. The standard InChI is InChI=1S/C9H7Br2NO/c10-8(11)5-6-1-3-7(4-2-6)9(12)13/h1-5H,(H2,12,13). The summed E-state index contributed by atoms with van der Waals surface area (Å²) in [7, 11) is 0. The average molecular weight is 305 g/mol. The molecule has 4 heteroatoms. The number of primary amides is 1. The molecule has 0 aliphatic heterocycles. The fourth-order valence-corrected chi connectivity index (χ4v) is 1.40. The van der Waals surface area contributed by atoms with Crippen LogP contribution in [-0.4, -0.2) is 5.91 Å². The van der Waals surface area contributed by atoms with Gasteiger partial charge >= 0.3 is 0 Å². The first kappa shape index (κ1) is 10.5. The zero-order valence-corrected chi connectivity index (χ0v) is 9.80. The van der Waals surface area contributed by atoms with E-state index in [-0.39, 0.29) is 0 Å². The molecular formula is C9H7Br2NO. The lowest BCUT2D eigenvalue weighted by molar-refractivity contribution is 0.100. The molecule has 1 rings (SSSR count). The number of rotatable bonds is 2. The summed E-state index contributed by atoms with van der Waals surface area (Å²) in [5.41, 5.74) is 6.60. The molecule has 0 fully saturated rings. The molecular weight excluding hydrogens is 298 g/mol. The summed E-state index contributed by atoms with van der Waals surface area (Å²) >= 11 is 6.49. The number of nitrogens with two attached hydrogens (primary N) is 1. The summed E-state index contributed by atoms with van der Waals surface area (Å²) in [6, 6.07) is 7.03. The minimum Gasteiger partial charge on any atom is -0.366 e.